The van der Waals surface area contributed by atoms with Crippen molar-refractivity contribution in [2.45, 2.75) is 17.7 Å². The molecular weight excluding hydrogens is 274 g/mol. The lowest BCUT2D eigenvalue weighted by atomic mass is 10.2. The fourth-order valence-electron chi connectivity index (χ4n) is 1.73. The van der Waals surface area contributed by atoms with Crippen LogP contribution in [0, 0.1) is 0 Å². The first-order valence-corrected chi connectivity index (χ1v) is 7.29. The van der Waals surface area contributed by atoms with E-state index in [1.54, 1.807) is 11.8 Å². The number of anilines is 1. The Balaban J connectivity index is 1.96. The van der Waals surface area contributed by atoms with E-state index in [4.69, 9.17) is 21.4 Å². The molecule has 0 atom stereocenters. The highest BCUT2D eigenvalue weighted by Gasteiger charge is 2.17. The zero-order valence-electron chi connectivity index (χ0n) is 9.99. The zero-order valence-corrected chi connectivity index (χ0v) is 11.6. The molecule has 100 valence electrons. The summed E-state index contributed by atoms with van der Waals surface area (Å²) in [4.78, 5) is 9.59. The number of aromatic nitrogens is 2. The third-order valence-electron chi connectivity index (χ3n) is 2.49. The molecule has 0 aliphatic carbocycles. The smallest absolute Gasteiger partial charge is 0.224 e. The first kappa shape index (κ1) is 13.9. The van der Waals surface area contributed by atoms with E-state index in [1.165, 1.54) is 0 Å². The van der Waals surface area contributed by atoms with Crippen molar-refractivity contribution in [3.8, 4) is 0 Å². The van der Waals surface area contributed by atoms with Crippen molar-refractivity contribution >= 4 is 29.2 Å². The molecular formula is C11H16ClN3O2S. The van der Waals surface area contributed by atoms with Crippen molar-refractivity contribution in [2.75, 3.05) is 37.4 Å². The van der Waals surface area contributed by atoms with Gasteiger partial charge in [-0.15, -0.1) is 11.8 Å². The number of aliphatic hydroxyl groups excluding tert-OH is 1. The standard InChI is InChI=1S/C11H16ClN3O2S/c12-11-14-8-2-1-7-18-9(8)10(15-11)13-3-5-17-6-4-16/h16H,1-7H2,(H,13,14,15). The monoisotopic (exact) mass is 289 g/mol. The normalized spacial score (nSPS) is 14.3. The Hall–Kier alpha value is -0.560. The first-order chi connectivity index (χ1) is 8.81. The van der Waals surface area contributed by atoms with Gasteiger partial charge in [-0.25, -0.2) is 4.98 Å². The quantitative estimate of drug-likeness (QED) is 0.612. The number of hydrogen-bond donors (Lipinski definition) is 2. The molecule has 0 fully saturated rings. The van der Waals surface area contributed by atoms with Crippen LogP contribution in [-0.2, 0) is 11.2 Å². The van der Waals surface area contributed by atoms with Crippen LogP contribution in [0.3, 0.4) is 0 Å². The highest BCUT2D eigenvalue weighted by molar-refractivity contribution is 7.99. The number of fused-ring (bicyclic) bond motifs is 1. The van der Waals surface area contributed by atoms with Crippen LogP contribution in [0.4, 0.5) is 5.82 Å². The van der Waals surface area contributed by atoms with Gasteiger partial charge in [-0.05, 0) is 30.2 Å². The number of halogens is 1. The van der Waals surface area contributed by atoms with E-state index < -0.39 is 0 Å². The maximum atomic E-state index is 8.59. The van der Waals surface area contributed by atoms with Gasteiger partial charge < -0.3 is 15.2 Å². The van der Waals surface area contributed by atoms with Gasteiger partial charge in [0.2, 0.25) is 5.28 Å². The predicted molar refractivity (Wildman–Crippen MR) is 72.5 cm³/mol. The minimum absolute atomic E-state index is 0.0462. The third-order valence-corrected chi connectivity index (χ3v) is 3.87. The molecule has 7 heteroatoms. The molecule has 2 rings (SSSR count). The van der Waals surface area contributed by atoms with Crippen LogP contribution in [0.5, 0.6) is 0 Å². The summed E-state index contributed by atoms with van der Waals surface area (Å²) < 4.78 is 5.18. The molecule has 2 N–H and O–H groups in total. The average Bonchev–Trinajstić information content (AvgIpc) is 2.38. The van der Waals surface area contributed by atoms with Gasteiger partial charge in [0, 0.05) is 6.54 Å². The molecule has 0 bridgehead atoms. The topological polar surface area (TPSA) is 67.3 Å². The molecule has 1 aliphatic heterocycles. The van der Waals surface area contributed by atoms with Gasteiger partial charge in [-0.1, -0.05) is 0 Å². The SMILES string of the molecule is OCCOCCNc1nc(Cl)nc2c1SCCC2. The second kappa shape index (κ2) is 7.13. The molecule has 0 saturated carbocycles. The lowest BCUT2D eigenvalue weighted by Gasteiger charge is -2.18. The van der Waals surface area contributed by atoms with Crippen molar-refractivity contribution in [3.05, 3.63) is 11.0 Å². The van der Waals surface area contributed by atoms with Crippen LogP contribution in [0.1, 0.15) is 12.1 Å². The molecule has 5 nitrogen and oxygen atoms in total. The van der Waals surface area contributed by atoms with Crippen molar-refractivity contribution in [1.29, 1.82) is 0 Å². The summed E-state index contributed by atoms with van der Waals surface area (Å²) in [5.74, 6) is 1.88. The zero-order chi connectivity index (χ0) is 12.8. The van der Waals surface area contributed by atoms with E-state index in [1.807, 2.05) is 0 Å². The van der Waals surface area contributed by atoms with E-state index in [2.05, 4.69) is 15.3 Å². The highest BCUT2D eigenvalue weighted by Crippen LogP contribution is 2.34. The number of aryl methyl sites for hydroxylation is 1. The summed E-state index contributed by atoms with van der Waals surface area (Å²) in [7, 11) is 0. The molecule has 0 saturated heterocycles. The molecule has 0 unspecified atom stereocenters. The van der Waals surface area contributed by atoms with Gasteiger partial charge in [-0.2, -0.15) is 4.98 Å². The molecule has 1 aliphatic rings. The number of ether oxygens (including phenoxy) is 1. The van der Waals surface area contributed by atoms with Crippen LogP contribution >= 0.6 is 23.4 Å². The Morgan fingerprint density at radius 3 is 3.11 bits per heavy atom. The maximum Gasteiger partial charge on any atom is 0.224 e. The third kappa shape index (κ3) is 3.71. The molecule has 0 radical (unpaired) electrons. The Kier molecular flexibility index (Phi) is 5.49. The Morgan fingerprint density at radius 1 is 1.39 bits per heavy atom. The molecule has 0 amide bonds. The van der Waals surface area contributed by atoms with Crippen LogP contribution in [-0.4, -0.2) is 47.2 Å². The molecule has 2 heterocycles. The summed E-state index contributed by atoms with van der Waals surface area (Å²) in [5, 5.41) is 12.1. The van der Waals surface area contributed by atoms with Gasteiger partial charge >= 0.3 is 0 Å². The summed E-state index contributed by atoms with van der Waals surface area (Å²) in [6, 6.07) is 0. The lowest BCUT2D eigenvalue weighted by Crippen LogP contribution is -2.15. The Morgan fingerprint density at radius 2 is 2.28 bits per heavy atom. The van der Waals surface area contributed by atoms with E-state index in [0.717, 1.165) is 35.0 Å². The fourth-order valence-corrected chi connectivity index (χ4v) is 2.98. The summed E-state index contributed by atoms with van der Waals surface area (Å²) in [5.41, 5.74) is 1.03. The highest BCUT2D eigenvalue weighted by atomic mass is 35.5. The van der Waals surface area contributed by atoms with Crippen molar-refractivity contribution in [1.82, 2.24) is 9.97 Å². The molecule has 18 heavy (non-hydrogen) atoms. The number of rotatable bonds is 6. The average molecular weight is 290 g/mol. The van der Waals surface area contributed by atoms with Crippen LogP contribution in [0.2, 0.25) is 5.28 Å². The van der Waals surface area contributed by atoms with Gasteiger partial charge in [0.1, 0.15) is 5.82 Å². The number of thioether (sulfide) groups is 1. The van der Waals surface area contributed by atoms with E-state index >= 15 is 0 Å². The van der Waals surface area contributed by atoms with Gasteiger partial charge in [0.25, 0.3) is 0 Å². The minimum Gasteiger partial charge on any atom is -0.394 e. The van der Waals surface area contributed by atoms with Gasteiger partial charge in [0.15, 0.2) is 0 Å². The first-order valence-electron chi connectivity index (χ1n) is 5.93. The largest absolute Gasteiger partial charge is 0.394 e. The lowest BCUT2D eigenvalue weighted by molar-refractivity contribution is 0.0991. The van der Waals surface area contributed by atoms with E-state index in [0.29, 0.717) is 19.8 Å². The summed E-state index contributed by atoms with van der Waals surface area (Å²) >= 11 is 7.67. The predicted octanol–water partition coefficient (Wildman–Crippen LogP) is 1.59. The maximum absolute atomic E-state index is 8.59. The number of hydrogen-bond acceptors (Lipinski definition) is 6. The van der Waals surface area contributed by atoms with E-state index in [-0.39, 0.29) is 11.9 Å². The van der Waals surface area contributed by atoms with Crippen molar-refractivity contribution in [3.63, 3.8) is 0 Å². The molecule has 0 spiro atoms. The van der Waals surface area contributed by atoms with E-state index in [9.17, 15) is 0 Å². The number of nitrogens with zero attached hydrogens (tertiary/aromatic N) is 2. The fraction of sp³-hybridized carbons (Fsp3) is 0.636. The number of aliphatic hydroxyl groups is 1. The summed E-state index contributed by atoms with van der Waals surface area (Å²) in [6.45, 7) is 1.58. The Labute approximate surface area is 115 Å². The molecule has 1 aromatic heterocycles. The van der Waals surface area contributed by atoms with Crippen LogP contribution in [0.15, 0.2) is 4.90 Å². The minimum atomic E-state index is 0.0462. The molecule has 1 aromatic rings. The second-order valence-electron chi connectivity index (χ2n) is 3.83. The summed E-state index contributed by atoms with van der Waals surface area (Å²) in [6.07, 6.45) is 2.09. The van der Waals surface area contributed by atoms with Crippen LogP contribution < -0.4 is 5.32 Å². The number of nitrogens with one attached hydrogen (secondary N) is 1. The van der Waals surface area contributed by atoms with Crippen LogP contribution in [0.25, 0.3) is 0 Å². The molecule has 0 aromatic carbocycles. The van der Waals surface area contributed by atoms with Crippen molar-refractivity contribution in [2.24, 2.45) is 0 Å². The van der Waals surface area contributed by atoms with Gasteiger partial charge in [0.05, 0.1) is 30.4 Å². The Bertz CT molecular complexity index is 406. The van der Waals surface area contributed by atoms with Gasteiger partial charge in [-0.3, -0.25) is 0 Å². The second-order valence-corrected chi connectivity index (χ2v) is 5.28. The van der Waals surface area contributed by atoms with Crippen molar-refractivity contribution < 1.29 is 9.84 Å².